The monoisotopic (exact) mass is 263 g/mol. The summed E-state index contributed by atoms with van der Waals surface area (Å²) in [6.07, 6.45) is 0. The lowest BCUT2D eigenvalue weighted by molar-refractivity contribution is 0.198. The molecule has 1 unspecified atom stereocenters. The van der Waals surface area contributed by atoms with Gasteiger partial charge in [-0.3, -0.25) is 0 Å². The number of halogens is 1. The average molecular weight is 263 g/mol. The fraction of sp³-hybridized carbons (Fsp3) is 0.385. The van der Waals surface area contributed by atoms with Crippen LogP contribution in [0.3, 0.4) is 0 Å². The molecule has 1 aromatic rings. The van der Waals surface area contributed by atoms with Gasteiger partial charge in [-0.15, -0.1) is 0 Å². The minimum absolute atomic E-state index is 0.0251. The van der Waals surface area contributed by atoms with Crippen LogP contribution in [0.25, 0.3) is 0 Å². The largest absolute Gasteiger partial charge is 0.496 e. The summed E-state index contributed by atoms with van der Waals surface area (Å²) in [5.74, 6) is 0.153. The third kappa shape index (κ3) is 2.32. The first-order chi connectivity index (χ1) is 9.08. The highest BCUT2D eigenvalue weighted by molar-refractivity contribution is 5.77. The first-order valence-electron chi connectivity index (χ1n) is 5.80. The van der Waals surface area contributed by atoms with Crippen LogP contribution in [0.5, 0.6) is 5.75 Å². The predicted molar refractivity (Wildman–Crippen MR) is 66.0 cm³/mol. The Morgan fingerprint density at radius 2 is 2.32 bits per heavy atom. The smallest absolute Gasteiger partial charge is 0.321 e. The van der Waals surface area contributed by atoms with Gasteiger partial charge in [-0.05, 0) is 18.2 Å². The van der Waals surface area contributed by atoms with Gasteiger partial charge in [0.25, 0.3) is 0 Å². The Balaban J connectivity index is 2.35. The zero-order chi connectivity index (χ0) is 14.0. The number of amides is 2. The van der Waals surface area contributed by atoms with Crippen molar-refractivity contribution in [1.29, 1.82) is 5.26 Å². The van der Waals surface area contributed by atoms with Crippen LogP contribution in [-0.2, 0) is 0 Å². The van der Waals surface area contributed by atoms with Gasteiger partial charge in [0.1, 0.15) is 18.1 Å². The third-order valence-electron chi connectivity index (χ3n) is 3.25. The summed E-state index contributed by atoms with van der Waals surface area (Å²) in [7, 11) is 3.13. The van der Waals surface area contributed by atoms with Crippen LogP contribution in [0.4, 0.5) is 9.18 Å². The van der Waals surface area contributed by atoms with Crippen LogP contribution in [0, 0.1) is 17.1 Å². The maximum absolute atomic E-state index is 13.4. The van der Waals surface area contributed by atoms with Crippen LogP contribution >= 0.6 is 0 Å². The van der Waals surface area contributed by atoms with Gasteiger partial charge in [0, 0.05) is 19.2 Å². The lowest BCUT2D eigenvalue weighted by Crippen LogP contribution is -2.29. The molecule has 1 fully saturated rings. The van der Waals surface area contributed by atoms with Crippen molar-refractivity contribution >= 4 is 6.03 Å². The lowest BCUT2D eigenvalue weighted by atomic mass is 10.1. The van der Waals surface area contributed by atoms with Gasteiger partial charge < -0.3 is 14.5 Å². The molecule has 0 aliphatic carbocycles. The summed E-state index contributed by atoms with van der Waals surface area (Å²) in [6, 6.07) is 5.61. The quantitative estimate of drug-likeness (QED) is 0.781. The molecule has 2 amide bonds. The van der Waals surface area contributed by atoms with Crippen LogP contribution in [-0.4, -0.2) is 43.1 Å². The van der Waals surface area contributed by atoms with Gasteiger partial charge in [0.2, 0.25) is 0 Å². The standard InChI is InChI=1S/C13H14FN3O2/c1-16-11(8-17(6-5-15)13(16)18)10-7-9(14)3-4-12(10)19-2/h3-4,7,11H,6,8H2,1-2H3. The van der Waals surface area contributed by atoms with Crippen molar-refractivity contribution in [1.82, 2.24) is 9.80 Å². The molecule has 0 aromatic heterocycles. The average Bonchev–Trinajstić information content (AvgIpc) is 2.67. The molecule has 0 saturated carbocycles. The molecule has 1 aliphatic heterocycles. The maximum atomic E-state index is 13.4. The van der Waals surface area contributed by atoms with Gasteiger partial charge in [-0.25, -0.2) is 9.18 Å². The first kappa shape index (κ1) is 13.1. The molecular weight excluding hydrogens is 249 g/mol. The minimum atomic E-state index is -0.379. The SMILES string of the molecule is COc1ccc(F)cc1C1CN(CC#N)C(=O)N1C. The molecule has 5 nitrogen and oxygen atoms in total. The molecule has 100 valence electrons. The number of carbonyl (C=O) groups excluding carboxylic acids is 1. The van der Waals surface area contributed by atoms with E-state index < -0.39 is 0 Å². The summed E-state index contributed by atoms with van der Waals surface area (Å²) in [6.45, 7) is 0.375. The maximum Gasteiger partial charge on any atom is 0.321 e. The highest BCUT2D eigenvalue weighted by Crippen LogP contribution is 2.34. The number of methoxy groups -OCH3 is 1. The number of benzene rings is 1. The second-order valence-corrected chi connectivity index (χ2v) is 4.33. The number of ether oxygens (including phenoxy) is 1. The summed E-state index contributed by atoms with van der Waals surface area (Å²) in [5.41, 5.74) is 0.610. The molecule has 2 rings (SSSR count). The highest BCUT2D eigenvalue weighted by Gasteiger charge is 2.36. The zero-order valence-electron chi connectivity index (χ0n) is 10.8. The van der Waals surface area contributed by atoms with E-state index in [4.69, 9.17) is 10.00 Å². The number of nitrogens with zero attached hydrogens (tertiary/aromatic N) is 3. The third-order valence-corrected chi connectivity index (χ3v) is 3.25. The van der Waals surface area contributed by atoms with Crippen molar-refractivity contribution in [2.24, 2.45) is 0 Å². The van der Waals surface area contributed by atoms with E-state index in [1.165, 1.54) is 35.1 Å². The van der Waals surface area contributed by atoms with Crippen LogP contribution < -0.4 is 4.74 Å². The number of rotatable bonds is 3. The summed E-state index contributed by atoms with van der Waals surface area (Å²) >= 11 is 0. The van der Waals surface area contributed by atoms with Crippen molar-refractivity contribution in [2.45, 2.75) is 6.04 Å². The Hall–Kier alpha value is -2.29. The Morgan fingerprint density at radius 3 is 2.95 bits per heavy atom. The molecule has 1 aromatic carbocycles. The van der Waals surface area contributed by atoms with Crippen molar-refractivity contribution in [3.63, 3.8) is 0 Å². The lowest BCUT2D eigenvalue weighted by Gasteiger charge is -2.20. The van der Waals surface area contributed by atoms with Crippen LogP contribution in [0.1, 0.15) is 11.6 Å². The molecule has 0 spiro atoms. The van der Waals surface area contributed by atoms with E-state index >= 15 is 0 Å². The van der Waals surface area contributed by atoms with Crippen molar-refractivity contribution < 1.29 is 13.9 Å². The Kier molecular flexibility index (Phi) is 3.56. The van der Waals surface area contributed by atoms with E-state index in [1.54, 1.807) is 7.05 Å². The molecule has 0 bridgehead atoms. The first-order valence-corrected chi connectivity index (χ1v) is 5.80. The van der Waals surface area contributed by atoms with E-state index in [1.807, 2.05) is 6.07 Å². The molecule has 1 aliphatic rings. The number of urea groups is 1. The summed E-state index contributed by atoms with van der Waals surface area (Å²) < 4.78 is 18.6. The Morgan fingerprint density at radius 1 is 1.58 bits per heavy atom. The van der Waals surface area contributed by atoms with E-state index in [-0.39, 0.29) is 24.4 Å². The van der Waals surface area contributed by atoms with E-state index in [0.29, 0.717) is 17.9 Å². The van der Waals surface area contributed by atoms with Crippen molar-refractivity contribution in [3.05, 3.63) is 29.6 Å². The zero-order valence-corrected chi connectivity index (χ0v) is 10.8. The van der Waals surface area contributed by atoms with Gasteiger partial charge in [-0.2, -0.15) is 5.26 Å². The number of likely N-dealkylation sites (N-methyl/N-ethyl adjacent to an activating group) is 1. The molecular formula is C13H14FN3O2. The van der Waals surface area contributed by atoms with Crippen LogP contribution in [0.2, 0.25) is 0 Å². The summed E-state index contributed by atoms with van der Waals surface area (Å²) in [4.78, 5) is 14.8. The second kappa shape index (κ2) is 5.14. The molecule has 0 N–H and O–H groups in total. The minimum Gasteiger partial charge on any atom is -0.496 e. The van der Waals surface area contributed by atoms with Crippen LogP contribution in [0.15, 0.2) is 18.2 Å². The van der Waals surface area contributed by atoms with E-state index in [2.05, 4.69) is 0 Å². The molecule has 1 atom stereocenters. The number of carbonyl (C=O) groups is 1. The summed E-state index contributed by atoms with van der Waals surface area (Å²) in [5, 5.41) is 8.69. The molecule has 0 radical (unpaired) electrons. The second-order valence-electron chi connectivity index (χ2n) is 4.33. The molecule has 1 saturated heterocycles. The van der Waals surface area contributed by atoms with Gasteiger partial charge in [0.05, 0.1) is 19.2 Å². The normalized spacial score (nSPS) is 18.6. The van der Waals surface area contributed by atoms with Gasteiger partial charge in [0.15, 0.2) is 0 Å². The van der Waals surface area contributed by atoms with Crippen molar-refractivity contribution in [3.8, 4) is 11.8 Å². The molecule has 1 heterocycles. The highest BCUT2D eigenvalue weighted by atomic mass is 19.1. The van der Waals surface area contributed by atoms with E-state index in [9.17, 15) is 9.18 Å². The number of nitriles is 1. The topological polar surface area (TPSA) is 56.6 Å². The number of hydrogen-bond acceptors (Lipinski definition) is 3. The number of hydrogen-bond donors (Lipinski definition) is 0. The Bertz CT molecular complexity index is 541. The van der Waals surface area contributed by atoms with Gasteiger partial charge >= 0.3 is 6.03 Å². The fourth-order valence-corrected chi connectivity index (χ4v) is 2.26. The molecule has 6 heteroatoms. The van der Waals surface area contributed by atoms with Crippen molar-refractivity contribution in [2.75, 3.05) is 27.2 Å². The van der Waals surface area contributed by atoms with Gasteiger partial charge in [-0.1, -0.05) is 0 Å². The predicted octanol–water partition coefficient (Wildman–Crippen LogP) is 1.77. The molecule has 19 heavy (non-hydrogen) atoms. The van der Waals surface area contributed by atoms with E-state index in [0.717, 1.165) is 0 Å². The fourth-order valence-electron chi connectivity index (χ4n) is 2.26. The Labute approximate surface area is 110 Å².